The molecule has 1 aliphatic rings. The summed E-state index contributed by atoms with van der Waals surface area (Å²) in [5.74, 6) is 0. The molecule has 0 spiro atoms. The third-order valence-electron chi connectivity index (χ3n) is 2.76. The van der Waals surface area contributed by atoms with Gasteiger partial charge in [0.1, 0.15) is 4.90 Å². The molecule has 1 aromatic rings. The third kappa shape index (κ3) is 3.09. The highest BCUT2D eigenvalue weighted by Crippen LogP contribution is 2.32. The second kappa shape index (κ2) is 5.64. The average molecular weight is 335 g/mol. The molecule has 0 unspecified atom stereocenters. The molecule has 0 amide bonds. The molecule has 0 aliphatic heterocycles. The molecule has 100 valence electrons. The highest BCUT2D eigenvalue weighted by Gasteiger charge is 2.37. The molecule has 18 heavy (non-hydrogen) atoms. The number of halogens is 1. The molecular weight excluding hydrogens is 320 g/mol. The number of hydrogen-bond acceptors (Lipinski definition) is 4. The Kier molecular flexibility index (Phi) is 4.37. The maximum absolute atomic E-state index is 12.5. The van der Waals surface area contributed by atoms with Gasteiger partial charge in [-0.2, -0.15) is 4.31 Å². The van der Waals surface area contributed by atoms with E-state index in [9.17, 15) is 8.42 Å². The molecule has 2 rings (SSSR count). The standard InChI is InChI=1S/C11H15BrN2O3S/c1-17-5-4-14(10-2-3-10)18(15,16)11-6-9(12)7-13-8-11/h6-8,10H,2-5H2,1H3. The summed E-state index contributed by atoms with van der Waals surface area (Å²) < 4.78 is 32.1. The third-order valence-corrected chi connectivity index (χ3v) is 5.11. The minimum atomic E-state index is -3.47. The Labute approximate surface area is 115 Å². The Morgan fingerprint density at radius 2 is 2.22 bits per heavy atom. The van der Waals surface area contributed by atoms with E-state index in [1.807, 2.05) is 0 Å². The molecule has 5 nitrogen and oxygen atoms in total. The maximum Gasteiger partial charge on any atom is 0.244 e. The lowest BCUT2D eigenvalue weighted by Crippen LogP contribution is -2.35. The van der Waals surface area contributed by atoms with E-state index in [-0.39, 0.29) is 10.9 Å². The molecule has 1 aliphatic carbocycles. The highest BCUT2D eigenvalue weighted by molar-refractivity contribution is 9.10. The van der Waals surface area contributed by atoms with Crippen LogP contribution in [-0.4, -0.2) is 44.0 Å². The summed E-state index contributed by atoms with van der Waals surface area (Å²) in [5.41, 5.74) is 0. The summed E-state index contributed by atoms with van der Waals surface area (Å²) in [6.45, 7) is 0.785. The van der Waals surface area contributed by atoms with E-state index >= 15 is 0 Å². The van der Waals surface area contributed by atoms with Gasteiger partial charge < -0.3 is 4.74 Å². The van der Waals surface area contributed by atoms with Gasteiger partial charge in [0.2, 0.25) is 10.0 Å². The van der Waals surface area contributed by atoms with Crippen LogP contribution in [-0.2, 0) is 14.8 Å². The smallest absolute Gasteiger partial charge is 0.244 e. The molecule has 0 N–H and O–H groups in total. The van der Waals surface area contributed by atoms with Crippen molar-refractivity contribution in [1.29, 1.82) is 0 Å². The van der Waals surface area contributed by atoms with Crippen LogP contribution < -0.4 is 0 Å². The minimum absolute atomic E-state index is 0.115. The minimum Gasteiger partial charge on any atom is -0.383 e. The van der Waals surface area contributed by atoms with Crippen LogP contribution in [0.4, 0.5) is 0 Å². The molecule has 7 heteroatoms. The van der Waals surface area contributed by atoms with Crippen molar-refractivity contribution >= 4 is 26.0 Å². The topological polar surface area (TPSA) is 59.5 Å². The fraction of sp³-hybridized carbons (Fsp3) is 0.545. The Morgan fingerprint density at radius 3 is 2.78 bits per heavy atom. The summed E-state index contributed by atoms with van der Waals surface area (Å²) >= 11 is 3.24. The van der Waals surface area contributed by atoms with Crippen molar-refractivity contribution < 1.29 is 13.2 Å². The molecule has 1 fully saturated rings. The van der Waals surface area contributed by atoms with Crippen LogP contribution in [0.15, 0.2) is 27.8 Å². The predicted molar refractivity (Wildman–Crippen MR) is 70.7 cm³/mol. The number of methoxy groups -OCH3 is 1. The van der Waals surface area contributed by atoms with E-state index in [1.165, 1.54) is 10.5 Å². The van der Waals surface area contributed by atoms with Crippen LogP contribution in [0.25, 0.3) is 0 Å². The van der Waals surface area contributed by atoms with Crippen LogP contribution >= 0.6 is 15.9 Å². The van der Waals surface area contributed by atoms with Gasteiger partial charge in [-0.25, -0.2) is 8.42 Å². The van der Waals surface area contributed by atoms with Crippen molar-refractivity contribution in [1.82, 2.24) is 9.29 Å². The van der Waals surface area contributed by atoms with Crippen LogP contribution in [0.2, 0.25) is 0 Å². The average Bonchev–Trinajstić information content (AvgIpc) is 3.14. The summed E-state index contributed by atoms with van der Waals surface area (Å²) in [6.07, 6.45) is 4.78. The number of hydrogen-bond donors (Lipinski definition) is 0. The SMILES string of the molecule is COCCN(C1CC1)S(=O)(=O)c1cncc(Br)c1. The van der Waals surface area contributed by atoms with E-state index in [4.69, 9.17) is 4.74 Å². The summed E-state index contributed by atoms with van der Waals surface area (Å²) in [4.78, 5) is 4.13. The van der Waals surface area contributed by atoms with E-state index in [0.717, 1.165) is 12.8 Å². The normalized spacial score (nSPS) is 16.2. The lowest BCUT2D eigenvalue weighted by molar-refractivity contribution is 0.177. The van der Waals surface area contributed by atoms with Gasteiger partial charge in [0.25, 0.3) is 0 Å². The van der Waals surface area contributed by atoms with Gasteiger partial charge in [0, 0.05) is 36.6 Å². The van der Waals surface area contributed by atoms with Crippen molar-refractivity contribution in [3.63, 3.8) is 0 Å². The van der Waals surface area contributed by atoms with E-state index in [1.54, 1.807) is 19.4 Å². The summed E-state index contributed by atoms with van der Waals surface area (Å²) in [5, 5.41) is 0. The lowest BCUT2D eigenvalue weighted by Gasteiger charge is -2.21. The van der Waals surface area contributed by atoms with Crippen molar-refractivity contribution in [3.8, 4) is 0 Å². The number of sulfonamides is 1. The predicted octanol–water partition coefficient (Wildman–Crippen LogP) is 1.64. The van der Waals surface area contributed by atoms with E-state index in [0.29, 0.717) is 17.6 Å². The molecular formula is C11H15BrN2O3S. The summed E-state index contributed by atoms with van der Waals surface area (Å²) in [6, 6.07) is 1.69. The number of nitrogens with zero attached hydrogens (tertiary/aromatic N) is 2. The second-order valence-corrected chi connectivity index (χ2v) is 6.98. The molecule has 1 saturated carbocycles. The second-order valence-electron chi connectivity index (χ2n) is 4.18. The van der Waals surface area contributed by atoms with Gasteiger partial charge in [0.05, 0.1) is 6.61 Å². The van der Waals surface area contributed by atoms with Gasteiger partial charge in [0.15, 0.2) is 0 Å². The first kappa shape index (κ1) is 13.9. The number of ether oxygens (including phenoxy) is 1. The quantitative estimate of drug-likeness (QED) is 0.793. The van der Waals surface area contributed by atoms with Crippen LogP contribution in [0, 0.1) is 0 Å². The van der Waals surface area contributed by atoms with Crippen LogP contribution in [0.1, 0.15) is 12.8 Å². The summed E-state index contributed by atoms with van der Waals surface area (Å²) in [7, 11) is -1.90. The Balaban J connectivity index is 2.27. The number of pyridine rings is 1. The van der Waals surface area contributed by atoms with E-state index in [2.05, 4.69) is 20.9 Å². The number of aromatic nitrogens is 1. The fourth-order valence-electron chi connectivity index (χ4n) is 1.71. The zero-order valence-electron chi connectivity index (χ0n) is 10.0. The Morgan fingerprint density at radius 1 is 1.50 bits per heavy atom. The van der Waals surface area contributed by atoms with Crippen molar-refractivity contribution in [2.75, 3.05) is 20.3 Å². The maximum atomic E-state index is 12.5. The first-order valence-electron chi connectivity index (χ1n) is 5.67. The number of rotatable bonds is 6. The first-order chi connectivity index (χ1) is 8.55. The first-order valence-corrected chi connectivity index (χ1v) is 7.90. The Hall–Kier alpha value is -0.500. The zero-order valence-corrected chi connectivity index (χ0v) is 12.4. The Bertz CT molecular complexity index is 517. The molecule has 1 heterocycles. The van der Waals surface area contributed by atoms with Crippen LogP contribution in [0.3, 0.4) is 0 Å². The largest absolute Gasteiger partial charge is 0.383 e. The van der Waals surface area contributed by atoms with Gasteiger partial charge in [-0.3, -0.25) is 4.98 Å². The van der Waals surface area contributed by atoms with Crippen LogP contribution in [0.5, 0.6) is 0 Å². The van der Waals surface area contributed by atoms with Gasteiger partial charge in [-0.1, -0.05) is 0 Å². The van der Waals surface area contributed by atoms with Crippen molar-refractivity contribution in [2.24, 2.45) is 0 Å². The highest BCUT2D eigenvalue weighted by atomic mass is 79.9. The molecule has 1 aromatic heterocycles. The van der Waals surface area contributed by atoms with Crippen molar-refractivity contribution in [2.45, 2.75) is 23.8 Å². The van der Waals surface area contributed by atoms with Gasteiger partial charge >= 0.3 is 0 Å². The molecule has 0 bridgehead atoms. The molecule has 0 radical (unpaired) electrons. The molecule has 0 aromatic carbocycles. The van der Waals surface area contributed by atoms with Gasteiger partial charge in [-0.05, 0) is 34.8 Å². The van der Waals surface area contributed by atoms with E-state index < -0.39 is 10.0 Å². The van der Waals surface area contributed by atoms with Crippen molar-refractivity contribution in [3.05, 3.63) is 22.9 Å². The monoisotopic (exact) mass is 334 g/mol. The fourth-order valence-corrected chi connectivity index (χ4v) is 3.89. The molecule has 0 saturated heterocycles. The molecule has 0 atom stereocenters. The lowest BCUT2D eigenvalue weighted by atomic mass is 10.5. The van der Waals surface area contributed by atoms with Gasteiger partial charge in [-0.15, -0.1) is 0 Å². The zero-order chi connectivity index (χ0) is 13.2.